The van der Waals surface area contributed by atoms with Crippen LogP contribution in [0, 0.1) is 0 Å². The number of H-pyrrole nitrogens is 1. The van der Waals surface area contributed by atoms with E-state index in [0.29, 0.717) is 6.61 Å². The number of aromatic amines is 1. The monoisotopic (exact) mass is 403 g/mol. The molecule has 0 radical (unpaired) electrons. The number of aromatic nitrogens is 2. The molecule has 0 amide bonds. The van der Waals surface area contributed by atoms with Gasteiger partial charge in [-0.1, -0.05) is 12.1 Å². The summed E-state index contributed by atoms with van der Waals surface area (Å²) in [7, 11) is 1.66. The average molecular weight is 404 g/mol. The van der Waals surface area contributed by atoms with E-state index in [1.165, 1.54) is 0 Å². The van der Waals surface area contributed by atoms with Gasteiger partial charge in [-0.25, -0.2) is 4.98 Å². The lowest BCUT2D eigenvalue weighted by Crippen LogP contribution is -2.17. The first-order chi connectivity index (χ1) is 12.2. The first-order valence-electron chi connectivity index (χ1n) is 8.34. The minimum atomic E-state index is 0.601. The predicted molar refractivity (Wildman–Crippen MR) is 103 cm³/mol. The van der Waals surface area contributed by atoms with Gasteiger partial charge in [-0.05, 0) is 52.7 Å². The minimum absolute atomic E-state index is 0.601. The summed E-state index contributed by atoms with van der Waals surface area (Å²) in [6, 6.07) is 12.1. The Labute approximate surface area is 155 Å². The molecule has 5 nitrogen and oxygen atoms in total. The molecule has 0 saturated carbocycles. The fraction of sp³-hybridized carbons (Fsp3) is 0.316. The SMILES string of the molecule is CCOc1c(Br)cc(CNCCc2nc3ccccc3[nH]2)cc1OC. The molecule has 25 heavy (non-hydrogen) atoms. The Hall–Kier alpha value is -2.05. The van der Waals surface area contributed by atoms with E-state index in [1.54, 1.807) is 7.11 Å². The molecule has 0 aliphatic heterocycles. The van der Waals surface area contributed by atoms with Crippen molar-refractivity contribution in [1.82, 2.24) is 15.3 Å². The maximum atomic E-state index is 5.62. The molecule has 1 aromatic heterocycles. The number of nitrogens with one attached hydrogen (secondary N) is 2. The summed E-state index contributed by atoms with van der Waals surface area (Å²) in [6.07, 6.45) is 0.851. The molecule has 0 unspecified atom stereocenters. The Balaban J connectivity index is 1.57. The van der Waals surface area contributed by atoms with Crippen molar-refractivity contribution in [2.24, 2.45) is 0 Å². The van der Waals surface area contributed by atoms with Gasteiger partial charge in [0.25, 0.3) is 0 Å². The number of benzene rings is 2. The lowest BCUT2D eigenvalue weighted by atomic mass is 10.2. The highest BCUT2D eigenvalue weighted by Gasteiger charge is 2.11. The van der Waals surface area contributed by atoms with Gasteiger partial charge in [-0.2, -0.15) is 0 Å². The van der Waals surface area contributed by atoms with E-state index in [0.717, 1.165) is 57.9 Å². The first kappa shape index (κ1) is 17.8. The van der Waals surface area contributed by atoms with E-state index in [4.69, 9.17) is 9.47 Å². The van der Waals surface area contributed by atoms with Crippen LogP contribution in [-0.4, -0.2) is 30.2 Å². The van der Waals surface area contributed by atoms with Crippen molar-refractivity contribution in [2.75, 3.05) is 20.3 Å². The topological polar surface area (TPSA) is 59.2 Å². The molecule has 3 aromatic rings. The van der Waals surface area contributed by atoms with Crippen molar-refractivity contribution in [3.8, 4) is 11.5 Å². The molecule has 0 fully saturated rings. The van der Waals surface area contributed by atoms with Crippen LogP contribution in [0.25, 0.3) is 11.0 Å². The van der Waals surface area contributed by atoms with Crippen LogP contribution in [0.1, 0.15) is 18.3 Å². The maximum absolute atomic E-state index is 5.62. The third-order valence-electron chi connectivity index (χ3n) is 3.88. The molecule has 0 aliphatic carbocycles. The van der Waals surface area contributed by atoms with Gasteiger partial charge in [0.1, 0.15) is 5.82 Å². The van der Waals surface area contributed by atoms with Crippen LogP contribution in [0.15, 0.2) is 40.9 Å². The predicted octanol–water partition coefficient (Wildman–Crippen LogP) is 4.07. The van der Waals surface area contributed by atoms with Crippen molar-refractivity contribution in [2.45, 2.75) is 19.9 Å². The Kier molecular flexibility index (Phi) is 5.94. The number of halogens is 1. The van der Waals surface area contributed by atoms with Gasteiger partial charge in [-0.15, -0.1) is 0 Å². The van der Waals surface area contributed by atoms with E-state index >= 15 is 0 Å². The van der Waals surface area contributed by atoms with Crippen molar-refractivity contribution in [3.63, 3.8) is 0 Å². The third-order valence-corrected chi connectivity index (χ3v) is 4.47. The van der Waals surface area contributed by atoms with Gasteiger partial charge in [0.15, 0.2) is 11.5 Å². The summed E-state index contributed by atoms with van der Waals surface area (Å²) < 4.78 is 12.0. The molecule has 0 aliphatic rings. The zero-order valence-corrected chi connectivity index (χ0v) is 16.0. The molecule has 2 N–H and O–H groups in total. The quantitative estimate of drug-likeness (QED) is 0.556. The molecule has 0 spiro atoms. The zero-order chi connectivity index (χ0) is 17.6. The van der Waals surface area contributed by atoms with Gasteiger partial charge in [0.05, 0.1) is 29.2 Å². The van der Waals surface area contributed by atoms with E-state index in [-0.39, 0.29) is 0 Å². The largest absolute Gasteiger partial charge is 0.493 e. The molecular weight excluding hydrogens is 382 g/mol. The number of imidazole rings is 1. The number of fused-ring (bicyclic) bond motifs is 1. The maximum Gasteiger partial charge on any atom is 0.175 e. The van der Waals surface area contributed by atoms with Gasteiger partial charge in [-0.3, -0.25) is 0 Å². The molecule has 2 aromatic carbocycles. The standard InChI is InChI=1S/C19H22BrN3O2/c1-3-25-19-14(20)10-13(11-17(19)24-2)12-21-9-8-18-22-15-6-4-5-7-16(15)23-18/h4-7,10-11,21H,3,8-9,12H2,1-2H3,(H,22,23). The Bertz CT molecular complexity index is 815. The minimum Gasteiger partial charge on any atom is -0.493 e. The highest BCUT2D eigenvalue weighted by Crippen LogP contribution is 2.36. The Morgan fingerprint density at radius 3 is 2.84 bits per heavy atom. The Morgan fingerprint density at radius 1 is 1.24 bits per heavy atom. The van der Waals surface area contributed by atoms with Crippen LogP contribution in [0.4, 0.5) is 0 Å². The summed E-state index contributed by atoms with van der Waals surface area (Å²) in [5.41, 5.74) is 3.23. The van der Waals surface area contributed by atoms with Crippen LogP contribution in [-0.2, 0) is 13.0 Å². The lowest BCUT2D eigenvalue weighted by molar-refractivity contribution is 0.308. The fourth-order valence-corrected chi connectivity index (χ4v) is 3.33. The third kappa shape index (κ3) is 4.32. The van der Waals surface area contributed by atoms with Crippen LogP contribution in [0.3, 0.4) is 0 Å². The summed E-state index contributed by atoms with van der Waals surface area (Å²) >= 11 is 3.56. The average Bonchev–Trinajstić information content (AvgIpc) is 3.03. The highest BCUT2D eigenvalue weighted by molar-refractivity contribution is 9.10. The molecule has 132 valence electrons. The van der Waals surface area contributed by atoms with Gasteiger partial charge < -0.3 is 19.8 Å². The number of methoxy groups -OCH3 is 1. The number of hydrogen-bond acceptors (Lipinski definition) is 4. The molecule has 0 bridgehead atoms. The summed E-state index contributed by atoms with van der Waals surface area (Å²) in [5, 5.41) is 3.45. The molecule has 0 saturated heterocycles. The van der Waals surface area contributed by atoms with Crippen LogP contribution in [0.2, 0.25) is 0 Å². The number of hydrogen-bond donors (Lipinski definition) is 2. The second-order valence-electron chi connectivity index (χ2n) is 5.67. The summed E-state index contributed by atoms with van der Waals surface area (Å²) in [4.78, 5) is 7.94. The molecule has 3 rings (SSSR count). The van der Waals surface area contributed by atoms with Gasteiger partial charge in [0.2, 0.25) is 0 Å². The number of nitrogens with zero attached hydrogens (tertiary/aromatic N) is 1. The zero-order valence-electron chi connectivity index (χ0n) is 14.4. The van der Waals surface area contributed by atoms with Crippen molar-refractivity contribution < 1.29 is 9.47 Å². The molecular formula is C19H22BrN3O2. The van der Waals surface area contributed by atoms with E-state index < -0.39 is 0 Å². The van der Waals surface area contributed by atoms with Crippen LogP contribution >= 0.6 is 15.9 Å². The number of para-hydroxylation sites is 2. The van der Waals surface area contributed by atoms with Crippen LogP contribution in [0.5, 0.6) is 11.5 Å². The second-order valence-corrected chi connectivity index (χ2v) is 6.52. The lowest BCUT2D eigenvalue weighted by Gasteiger charge is -2.13. The molecule has 1 heterocycles. The number of rotatable bonds is 8. The fourth-order valence-electron chi connectivity index (χ4n) is 2.72. The van der Waals surface area contributed by atoms with Crippen LogP contribution < -0.4 is 14.8 Å². The summed E-state index contributed by atoms with van der Waals surface area (Å²) in [5.74, 6) is 2.49. The van der Waals surface area contributed by atoms with Crippen molar-refractivity contribution >= 4 is 27.0 Å². The van der Waals surface area contributed by atoms with E-state index in [9.17, 15) is 0 Å². The first-order valence-corrected chi connectivity index (χ1v) is 9.14. The molecule has 6 heteroatoms. The number of ether oxygens (including phenoxy) is 2. The summed E-state index contributed by atoms with van der Waals surface area (Å²) in [6.45, 7) is 4.15. The van der Waals surface area contributed by atoms with Crippen molar-refractivity contribution in [3.05, 3.63) is 52.3 Å². The van der Waals surface area contributed by atoms with E-state index in [1.807, 2.05) is 37.3 Å². The highest BCUT2D eigenvalue weighted by atomic mass is 79.9. The second kappa shape index (κ2) is 8.36. The smallest absolute Gasteiger partial charge is 0.175 e. The van der Waals surface area contributed by atoms with Gasteiger partial charge in [0, 0.05) is 19.5 Å². The molecule has 0 atom stereocenters. The normalized spacial score (nSPS) is 11.0. The van der Waals surface area contributed by atoms with Gasteiger partial charge >= 0.3 is 0 Å². The van der Waals surface area contributed by atoms with Crippen molar-refractivity contribution in [1.29, 1.82) is 0 Å². The van der Waals surface area contributed by atoms with E-state index in [2.05, 4.69) is 37.3 Å². The Morgan fingerprint density at radius 2 is 2.08 bits per heavy atom.